The summed E-state index contributed by atoms with van der Waals surface area (Å²) in [5.74, 6) is 1.40. The molecule has 2 N–H and O–H groups in total. The molecule has 5 aromatic rings. The van der Waals surface area contributed by atoms with Crippen LogP contribution in [0.25, 0.3) is 21.1 Å². The predicted octanol–water partition coefficient (Wildman–Crippen LogP) is 5.03. The maximum absolute atomic E-state index is 12.0. The van der Waals surface area contributed by atoms with Gasteiger partial charge in [0, 0.05) is 80.9 Å². The van der Waals surface area contributed by atoms with Gasteiger partial charge in [-0.05, 0) is 29.3 Å². The first-order valence-electron chi connectivity index (χ1n) is 15.5. The molecule has 0 unspecified atom stereocenters. The quantitative estimate of drug-likeness (QED) is 0.193. The highest BCUT2D eigenvalue weighted by Gasteiger charge is 2.25. The van der Waals surface area contributed by atoms with Crippen molar-refractivity contribution in [2.24, 2.45) is 0 Å². The molecule has 0 radical (unpaired) electrons. The van der Waals surface area contributed by atoms with E-state index in [1.807, 2.05) is 24.3 Å². The lowest BCUT2D eigenvalue weighted by Crippen LogP contribution is -2.47. The van der Waals surface area contributed by atoms with Crippen molar-refractivity contribution in [3.63, 3.8) is 0 Å². The molecule has 2 aliphatic heterocycles. The van der Waals surface area contributed by atoms with Gasteiger partial charge in [0.25, 0.3) is 0 Å². The lowest BCUT2D eigenvalue weighted by Gasteiger charge is -2.32. The molecule has 0 spiro atoms. The molecule has 11 nitrogen and oxygen atoms in total. The number of nitrogens with zero attached hydrogens (tertiary/aromatic N) is 6. The third-order valence-corrected chi connectivity index (χ3v) is 11.9. The first-order valence-corrected chi connectivity index (χ1v) is 18.9. The summed E-state index contributed by atoms with van der Waals surface area (Å²) in [5, 5.41) is 2.26. The van der Waals surface area contributed by atoms with Gasteiger partial charge in [-0.25, -0.2) is 18.8 Å². The SMILES string of the molecule is CS(=O)(=O)N1CCN(Cc2cc3nc(NNCc4cn(Cc5cccc(Cl)c5Cl)c5ccccc45)nc(N4CCOCC4)c3s2)CC1. The van der Waals surface area contributed by atoms with Gasteiger partial charge >= 0.3 is 0 Å². The minimum absolute atomic E-state index is 0.500. The predicted molar refractivity (Wildman–Crippen MR) is 190 cm³/mol. The molecule has 0 bridgehead atoms. The van der Waals surface area contributed by atoms with Crippen LogP contribution in [-0.4, -0.2) is 90.9 Å². The third-order valence-electron chi connectivity index (χ3n) is 8.62. The van der Waals surface area contributed by atoms with Crippen LogP contribution in [-0.2, 0) is 34.4 Å². The second-order valence-electron chi connectivity index (χ2n) is 11.8. The van der Waals surface area contributed by atoms with Gasteiger partial charge in [-0.3, -0.25) is 10.3 Å². The number of morpholine rings is 1. The molecule has 2 aromatic carbocycles. The highest BCUT2D eigenvalue weighted by molar-refractivity contribution is 7.88. The van der Waals surface area contributed by atoms with Crippen LogP contribution >= 0.6 is 34.5 Å². The molecular weight excluding hydrogens is 679 g/mol. The summed E-state index contributed by atoms with van der Waals surface area (Å²) in [7, 11) is -3.17. The second-order valence-corrected chi connectivity index (χ2v) is 15.7. The molecule has 47 heavy (non-hydrogen) atoms. The van der Waals surface area contributed by atoms with Crippen molar-refractivity contribution < 1.29 is 13.2 Å². The molecule has 248 valence electrons. The van der Waals surface area contributed by atoms with Crippen LogP contribution in [0.2, 0.25) is 10.0 Å². The van der Waals surface area contributed by atoms with Crippen LogP contribution in [0.3, 0.4) is 0 Å². The Bertz CT molecular complexity index is 2000. The molecular formula is C32H36Cl2N8O3S2. The molecule has 7 rings (SSSR count). The van der Waals surface area contributed by atoms with E-state index in [2.05, 4.69) is 49.6 Å². The molecule has 2 saturated heterocycles. The van der Waals surface area contributed by atoms with E-state index in [0.29, 0.717) is 68.5 Å². The molecule has 2 fully saturated rings. The minimum atomic E-state index is -3.17. The van der Waals surface area contributed by atoms with Crippen LogP contribution in [0.1, 0.15) is 16.0 Å². The van der Waals surface area contributed by atoms with E-state index in [4.69, 9.17) is 37.9 Å². The molecule has 0 aliphatic carbocycles. The molecule has 0 atom stereocenters. The number of benzene rings is 2. The standard InChI is InChI=1S/C32H36Cl2N8O3S2/c1-47(43,44)42-11-9-39(10-12-42)21-24-17-27-30(46-24)31(40-13-15-45-16-14-40)37-32(36-27)38-35-18-23-20-41(28-8-3-2-6-25(23)28)19-22-5-4-7-26(33)29(22)34/h2-8,17,20,35H,9-16,18-19,21H2,1H3,(H,36,37,38). The van der Waals surface area contributed by atoms with Gasteiger partial charge in [0.1, 0.15) is 0 Å². The zero-order valence-corrected chi connectivity index (χ0v) is 29.1. The van der Waals surface area contributed by atoms with Gasteiger partial charge < -0.3 is 14.2 Å². The fourth-order valence-electron chi connectivity index (χ4n) is 6.19. The number of halogens is 2. The summed E-state index contributed by atoms with van der Waals surface area (Å²) in [5.41, 5.74) is 10.7. The van der Waals surface area contributed by atoms with Crippen molar-refractivity contribution in [2.75, 3.05) is 69.1 Å². The smallest absolute Gasteiger partial charge is 0.239 e. The number of hydrogen-bond donors (Lipinski definition) is 2. The summed E-state index contributed by atoms with van der Waals surface area (Å²) in [6.45, 7) is 7.12. The Morgan fingerprint density at radius 3 is 2.51 bits per heavy atom. The van der Waals surface area contributed by atoms with Crippen molar-refractivity contribution in [3.05, 3.63) is 80.8 Å². The van der Waals surface area contributed by atoms with Gasteiger partial charge in [0.15, 0.2) is 5.82 Å². The second kappa shape index (κ2) is 13.8. The fraction of sp³-hybridized carbons (Fsp3) is 0.375. The number of anilines is 2. The average molecular weight is 716 g/mol. The number of fused-ring (bicyclic) bond motifs is 2. The zero-order chi connectivity index (χ0) is 32.5. The Hall–Kier alpha value is -3.01. The van der Waals surface area contributed by atoms with Crippen molar-refractivity contribution in [1.29, 1.82) is 0 Å². The van der Waals surface area contributed by atoms with Gasteiger partial charge in [0.2, 0.25) is 16.0 Å². The average Bonchev–Trinajstić information content (AvgIpc) is 3.63. The normalized spacial score (nSPS) is 16.8. The Kier molecular flexibility index (Phi) is 9.58. The monoisotopic (exact) mass is 714 g/mol. The Balaban J connectivity index is 1.09. The molecule has 0 amide bonds. The summed E-state index contributed by atoms with van der Waals surface area (Å²) < 4.78 is 34.3. The van der Waals surface area contributed by atoms with E-state index in [0.717, 1.165) is 57.7 Å². The van der Waals surface area contributed by atoms with E-state index in [9.17, 15) is 8.42 Å². The Morgan fingerprint density at radius 2 is 1.72 bits per heavy atom. The van der Waals surface area contributed by atoms with E-state index < -0.39 is 10.0 Å². The summed E-state index contributed by atoms with van der Waals surface area (Å²) in [4.78, 5) is 15.6. The molecule has 2 aliphatic rings. The van der Waals surface area contributed by atoms with Gasteiger partial charge in [-0.1, -0.05) is 53.5 Å². The summed E-state index contributed by atoms with van der Waals surface area (Å²) in [6, 6.07) is 16.2. The van der Waals surface area contributed by atoms with E-state index in [1.54, 1.807) is 21.7 Å². The number of nitrogens with one attached hydrogen (secondary N) is 2. The largest absolute Gasteiger partial charge is 0.378 e. The van der Waals surface area contributed by atoms with Crippen molar-refractivity contribution in [2.45, 2.75) is 19.6 Å². The van der Waals surface area contributed by atoms with Gasteiger partial charge in [0.05, 0.1) is 39.7 Å². The zero-order valence-electron chi connectivity index (χ0n) is 26.0. The van der Waals surface area contributed by atoms with Crippen molar-refractivity contribution in [3.8, 4) is 0 Å². The number of hydrazine groups is 1. The summed E-state index contributed by atoms with van der Waals surface area (Å²) in [6.07, 6.45) is 3.42. The van der Waals surface area contributed by atoms with E-state index in [-0.39, 0.29) is 0 Å². The maximum Gasteiger partial charge on any atom is 0.239 e. The van der Waals surface area contributed by atoms with Crippen molar-refractivity contribution in [1.82, 2.24) is 29.2 Å². The maximum atomic E-state index is 12.0. The number of thiophene rings is 1. The lowest BCUT2D eigenvalue weighted by atomic mass is 10.2. The molecule has 3 aromatic heterocycles. The molecule has 5 heterocycles. The van der Waals surface area contributed by atoms with E-state index in [1.165, 1.54) is 11.1 Å². The van der Waals surface area contributed by atoms with E-state index >= 15 is 0 Å². The lowest BCUT2D eigenvalue weighted by molar-refractivity contribution is 0.122. The highest BCUT2D eigenvalue weighted by Crippen LogP contribution is 2.34. The topological polar surface area (TPSA) is 108 Å². The number of rotatable bonds is 10. The Morgan fingerprint density at radius 1 is 0.936 bits per heavy atom. The summed E-state index contributed by atoms with van der Waals surface area (Å²) >= 11 is 14.5. The van der Waals surface area contributed by atoms with Crippen LogP contribution in [0.5, 0.6) is 0 Å². The number of sulfonamides is 1. The first-order chi connectivity index (χ1) is 22.7. The Labute approximate surface area is 288 Å². The molecule has 15 heteroatoms. The van der Waals surface area contributed by atoms with Crippen LogP contribution in [0, 0.1) is 0 Å². The number of para-hydroxylation sites is 1. The van der Waals surface area contributed by atoms with Gasteiger partial charge in [-0.15, -0.1) is 11.3 Å². The minimum Gasteiger partial charge on any atom is -0.378 e. The highest BCUT2D eigenvalue weighted by atomic mass is 35.5. The number of aromatic nitrogens is 3. The van der Waals surface area contributed by atoms with Crippen molar-refractivity contribution >= 4 is 77.4 Å². The molecule has 0 saturated carbocycles. The first kappa shape index (κ1) is 32.5. The van der Waals surface area contributed by atoms with Crippen LogP contribution in [0.4, 0.5) is 11.8 Å². The fourth-order valence-corrected chi connectivity index (χ4v) is 8.56. The van der Waals surface area contributed by atoms with Gasteiger partial charge in [-0.2, -0.15) is 9.29 Å². The third kappa shape index (κ3) is 7.22. The van der Waals surface area contributed by atoms with Crippen LogP contribution < -0.4 is 15.8 Å². The van der Waals surface area contributed by atoms with Crippen LogP contribution in [0.15, 0.2) is 54.7 Å². The number of ether oxygens (including phenoxy) is 1. The number of hydrogen-bond acceptors (Lipinski definition) is 10. The number of piperazine rings is 1.